The highest BCUT2D eigenvalue weighted by molar-refractivity contribution is 5.89. The van der Waals surface area contributed by atoms with Crippen LogP contribution in [-0.4, -0.2) is 44.9 Å². The lowest BCUT2D eigenvalue weighted by molar-refractivity contribution is 0.417. The largest absolute Gasteiger partial charge is 0.495 e. The standard InChI is InChI=1S/C23H25N7O/c1-29-15-18(14-26-29)16-6-7-19(20(12-16)31-2)27-23-25-13-17-8-9-24-22(21(17)28-23)30-10-4-3-5-11-30/h6-9,12-15H,3-5,10-11H2,1-2H3,(H,25,27,28). The van der Waals surface area contributed by atoms with Gasteiger partial charge in [-0.05, 0) is 43.0 Å². The molecule has 4 aromatic rings. The molecule has 1 saturated heterocycles. The minimum atomic E-state index is 0.520. The first kappa shape index (κ1) is 19.3. The number of hydrogen-bond donors (Lipinski definition) is 1. The molecule has 8 nitrogen and oxygen atoms in total. The van der Waals surface area contributed by atoms with E-state index in [1.165, 1.54) is 19.3 Å². The van der Waals surface area contributed by atoms with Crippen molar-refractivity contribution in [3.05, 3.63) is 49.1 Å². The maximum atomic E-state index is 5.63. The topological polar surface area (TPSA) is 81.0 Å². The molecular formula is C23H25N7O. The third-order valence-corrected chi connectivity index (χ3v) is 5.62. The highest BCUT2D eigenvalue weighted by Gasteiger charge is 2.17. The van der Waals surface area contributed by atoms with Gasteiger partial charge in [0.1, 0.15) is 11.3 Å². The summed E-state index contributed by atoms with van der Waals surface area (Å²) < 4.78 is 7.41. The highest BCUT2D eigenvalue weighted by atomic mass is 16.5. The number of rotatable bonds is 5. The molecule has 5 rings (SSSR count). The number of ether oxygens (including phenoxy) is 1. The smallest absolute Gasteiger partial charge is 0.227 e. The van der Waals surface area contributed by atoms with Crippen molar-refractivity contribution in [3.63, 3.8) is 0 Å². The molecule has 158 valence electrons. The van der Waals surface area contributed by atoms with Crippen LogP contribution in [0.1, 0.15) is 19.3 Å². The second kappa shape index (κ2) is 8.22. The molecular weight excluding hydrogens is 390 g/mol. The second-order valence-corrected chi connectivity index (χ2v) is 7.76. The molecule has 31 heavy (non-hydrogen) atoms. The molecule has 0 bridgehead atoms. The predicted octanol–water partition coefficient (Wildman–Crippen LogP) is 4.17. The van der Waals surface area contributed by atoms with Gasteiger partial charge in [-0.15, -0.1) is 0 Å². The number of aromatic nitrogens is 5. The Hall–Kier alpha value is -3.68. The van der Waals surface area contributed by atoms with Crippen molar-refractivity contribution in [1.82, 2.24) is 24.7 Å². The number of nitrogens with zero attached hydrogens (tertiary/aromatic N) is 6. The molecule has 0 unspecified atom stereocenters. The van der Waals surface area contributed by atoms with Gasteiger partial charge in [0.2, 0.25) is 5.95 Å². The number of methoxy groups -OCH3 is 1. The molecule has 1 aromatic carbocycles. The van der Waals surface area contributed by atoms with Crippen LogP contribution in [0.25, 0.3) is 22.0 Å². The molecule has 0 amide bonds. The van der Waals surface area contributed by atoms with E-state index < -0.39 is 0 Å². The molecule has 4 heterocycles. The average molecular weight is 416 g/mol. The van der Waals surface area contributed by atoms with Crippen LogP contribution in [0.4, 0.5) is 17.5 Å². The van der Waals surface area contributed by atoms with Gasteiger partial charge in [-0.25, -0.2) is 15.0 Å². The van der Waals surface area contributed by atoms with Gasteiger partial charge >= 0.3 is 0 Å². The maximum absolute atomic E-state index is 5.63. The van der Waals surface area contributed by atoms with Crippen LogP contribution in [0.15, 0.2) is 49.1 Å². The van der Waals surface area contributed by atoms with Crippen molar-refractivity contribution >= 4 is 28.4 Å². The van der Waals surface area contributed by atoms with Crippen LogP contribution >= 0.6 is 0 Å². The van der Waals surface area contributed by atoms with Crippen LogP contribution in [-0.2, 0) is 7.05 Å². The van der Waals surface area contributed by atoms with Gasteiger partial charge in [-0.2, -0.15) is 5.10 Å². The highest BCUT2D eigenvalue weighted by Crippen LogP contribution is 2.33. The minimum absolute atomic E-state index is 0.520. The summed E-state index contributed by atoms with van der Waals surface area (Å²) in [7, 11) is 3.56. The van der Waals surface area contributed by atoms with Crippen molar-refractivity contribution in [3.8, 4) is 16.9 Å². The number of aryl methyl sites for hydroxylation is 1. The summed E-state index contributed by atoms with van der Waals surface area (Å²) in [6, 6.07) is 7.95. The first-order chi connectivity index (χ1) is 15.2. The summed E-state index contributed by atoms with van der Waals surface area (Å²) >= 11 is 0. The Morgan fingerprint density at radius 2 is 1.87 bits per heavy atom. The van der Waals surface area contributed by atoms with Crippen LogP contribution in [0.3, 0.4) is 0 Å². The third-order valence-electron chi connectivity index (χ3n) is 5.62. The fourth-order valence-corrected chi connectivity index (χ4v) is 4.00. The zero-order valence-corrected chi connectivity index (χ0v) is 17.7. The normalized spacial score (nSPS) is 14.1. The monoisotopic (exact) mass is 415 g/mol. The third kappa shape index (κ3) is 3.88. The van der Waals surface area contributed by atoms with Crippen molar-refractivity contribution in [2.24, 2.45) is 7.05 Å². The molecule has 8 heteroatoms. The van der Waals surface area contributed by atoms with Crippen molar-refractivity contribution < 1.29 is 4.74 Å². The van der Waals surface area contributed by atoms with Crippen LogP contribution in [0, 0.1) is 0 Å². The first-order valence-electron chi connectivity index (χ1n) is 10.5. The van der Waals surface area contributed by atoms with E-state index in [0.29, 0.717) is 11.7 Å². The number of pyridine rings is 1. The Kier molecular flexibility index (Phi) is 5.11. The Balaban J connectivity index is 1.47. The van der Waals surface area contributed by atoms with Gasteiger partial charge < -0.3 is 15.0 Å². The average Bonchev–Trinajstić information content (AvgIpc) is 3.25. The number of anilines is 3. The Morgan fingerprint density at radius 1 is 1.00 bits per heavy atom. The number of hydrogen-bond acceptors (Lipinski definition) is 7. The number of fused-ring (bicyclic) bond motifs is 1. The van der Waals surface area contributed by atoms with E-state index in [4.69, 9.17) is 9.72 Å². The van der Waals surface area contributed by atoms with Crippen LogP contribution in [0.2, 0.25) is 0 Å². The van der Waals surface area contributed by atoms with Gasteiger partial charge in [0.05, 0.1) is 19.0 Å². The van der Waals surface area contributed by atoms with E-state index in [1.807, 2.05) is 56.1 Å². The molecule has 1 aliphatic heterocycles. The molecule has 1 aliphatic rings. The van der Waals surface area contributed by atoms with Gasteiger partial charge in [-0.1, -0.05) is 6.07 Å². The fraction of sp³-hybridized carbons (Fsp3) is 0.304. The lowest BCUT2D eigenvalue weighted by Crippen LogP contribution is -2.30. The molecule has 0 saturated carbocycles. The summed E-state index contributed by atoms with van der Waals surface area (Å²) in [4.78, 5) is 16.3. The summed E-state index contributed by atoms with van der Waals surface area (Å²) in [5.41, 5.74) is 3.74. The summed E-state index contributed by atoms with van der Waals surface area (Å²) in [6.45, 7) is 2.03. The van der Waals surface area contributed by atoms with Crippen molar-refractivity contribution in [2.75, 3.05) is 30.4 Å². The van der Waals surface area contributed by atoms with Crippen LogP contribution < -0.4 is 15.0 Å². The van der Waals surface area contributed by atoms with E-state index >= 15 is 0 Å². The van der Waals surface area contributed by atoms with Gasteiger partial charge in [0.25, 0.3) is 0 Å². The summed E-state index contributed by atoms with van der Waals surface area (Å²) in [6.07, 6.45) is 11.1. The molecule has 0 spiro atoms. The molecule has 0 aliphatic carbocycles. The Morgan fingerprint density at radius 3 is 2.65 bits per heavy atom. The molecule has 3 aromatic heterocycles. The zero-order valence-electron chi connectivity index (χ0n) is 17.7. The van der Waals surface area contributed by atoms with Gasteiger partial charge in [0.15, 0.2) is 5.82 Å². The number of benzene rings is 1. The van der Waals surface area contributed by atoms with E-state index in [-0.39, 0.29) is 0 Å². The lowest BCUT2D eigenvalue weighted by Gasteiger charge is -2.28. The molecule has 1 N–H and O–H groups in total. The second-order valence-electron chi connectivity index (χ2n) is 7.76. The van der Waals surface area contributed by atoms with E-state index in [1.54, 1.807) is 11.8 Å². The van der Waals surface area contributed by atoms with E-state index in [0.717, 1.165) is 46.6 Å². The predicted molar refractivity (Wildman–Crippen MR) is 122 cm³/mol. The fourth-order valence-electron chi connectivity index (χ4n) is 4.00. The summed E-state index contributed by atoms with van der Waals surface area (Å²) in [5, 5.41) is 8.55. The Labute approximate surface area is 180 Å². The number of piperidine rings is 1. The Bertz CT molecular complexity index is 1210. The first-order valence-corrected chi connectivity index (χ1v) is 10.5. The van der Waals surface area contributed by atoms with E-state index in [9.17, 15) is 0 Å². The van der Waals surface area contributed by atoms with Gasteiger partial charge in [0, 0.05) is 49.7 Å². The van der Waals surface area contributed by atoms with Crippen molar-refractivity contribution in [2.45, 2.75) is 19.3 Å². The maximum Gasteiger partial charge on any atom is 0.227 e. The molecule has 1 fully saturated rings. The molecule has 0 radical (unpaired) electrons. The molecule has 0 atom stereocenters. The van der Waals surface area contributed by atoms with Gasteiger partial charge in [-0.3, -0.25) is 4.68 Å². The summed E-state index contributed by atoms with van der Waals surface area (Å²) in [5.74, 6) is 2.17. The van der Waals surface area contributed by atoms with Crippen molar-refractivity contribution in [1.29, 1.82) is 0 Å². The number of nitrogens with one attached hydrogen (secondary N) is 1. The van der Waals surface area contributed by atoms with Crippen LogP contribution in [0.5, 0.6) is 5.75 Å². The minimum Gasteiger partial charge on any atom is -0.495 e. The lowest BCUT2D eigenvalue weighted by atomic mass is 10.1. The zero-order chi connectivity index (χ0) is 21.2. The SMILES string of the molecule is COc1cc(-c2cnn(C)c2)ccc1Nc1ncc2ccnc(N3CCCCC3)c2n1. The van der Waals surface area contributed by atoms with E-state index in [2.05, 4.69) is 25.3 Å². The quantitative estimate of drug-likeness (QED) is 0.524.